The maximum absolute atomic E-state index is 12.2. The highest BCUT2D eigenvalue weighted by atomic mass is 32.1. The molecule has 0 bridgehead atoms. The summed E-state index contributed by atoms with van der Waals surface area (Å²) < 4.78 is 8.80. The predicted octanol–water partition coefficient (Wildman–Crippen LogP) is 4.18. The molecule has 25 heavy (non-hydrogen) atoms. The summed E-state index contributed by atoms with van der Waals surface area (Å²) in [5.74, 6) is 0.410. The Hall–Kier alpha value is -2.40. The molecule has 5 heteroatoms. The Bertz CT molecular complexity index is 926. The van der Waals surface area contributed by atoms with Crippen LogP contribution in [-0.2, 0) is 17.8 Å². The molecule has 3 rings (SSSR count). The van der Waals surface area contributed by atoms with Gasteiger partial charge in [-0.25, -0.2) is 0 Å². The van der Waals surface area contributed by atoms with E-state index in [1.165, 1.54) is 10.3 Å². The molecule has 1 heterocycles. The second-order valence-electron chi connectivity index (χ2n) is 5.80. The summed E-state index contributed by atoms with van der Waals surface area (Å²) in [5, 5.41) is 0. The van der Waals surface area contributed by atoms with Gasteiger partial charge in [0.05, 0.1) is 10.2 Å². The van der Waals surface area contributed by atoms with E-state index in [-0.39, 0.29) is 12.5 Å². The second kappa shape index (κ2) is 8.12. The molecule has 0 unspecified atom stereocenters. The lowest BCUT2D eigenvalue weighted by molar-refractivity contribution is -0.120. The molecule has 0 radical (unpaired) electrons. The molecule has 0 atom stereocenters. The van der Waals surface area contributed by atoms with E-state index in [4.69, 9.17) is 4.74 Å². The summed E-state index contributed by atoms with van der Waals surface area (Å²) >= 11 is 1.56. The number of hydrogen-bond acceptors (Lipinski definition) is 3. The first-order valence-corrected chi connectivity index (χ1v) is 9.40. The molecule has 130 valence electrons. The lowest BCUT2D eigenvalue weighted by Gasteiger charge is -2.04. The average Bonchev–Trinajstić information content (AvgIpc) is 2.97. The van der Waals surface area contributed by atoms with Crippen LogP contribution < -0.4 is 9.54 Å². The van der Waals surface area contributed by atoms with Crippen molar-refractivity contribution in [2.24, 2.45) is 4.99 Å². The molecule has 0 aliphatic heterocycles. The van der Waals surface area contributed by atoms with Gasteiger partial charge >= 0.3 is 0 Å². The van der Waals surface area contributed by atoms with Crippen molar-refractivity contribution in [3.63, 3.8) is 0 Å². The maximum atomic E-state index is 12.2. The van der Waals surface area contributed by atoms with Gasteiger partial charge in [0.25, 0.3) is 5.91 Å². The van der Waals surface area contributed by atoms with Crippen LogP contribution in [0.1, 0.15) is 25.8 Å². The number of fused-ring (bicyclic) bond motifs is 1. The minimum Gasteiger partial charge on any atom is -0.484 e. The van der Waals surface area contributed by atoms with Crippen LogP contribution in [0.4, 0.5) is 0 Å². The van der Waals surface area contributed by atoms with E-state index in [0.717, 1.165) is 29.7 Å². The van der Waals surface area contributed by atoms with E-state index in [9.17, 15) is 4.79 Å². The number of benzene rings is 2. The highest BCUT2D eigenvalue weighted by molar-refractivity contribution is 7.16. The minimum absolute atomic E-state index is 0.0510. The highest BCUT2D eigenvalue weighted by Gasteiger charge is 2.08. The standard InChI is InChI=1S/C20H22N2O2S/c1-3-12-22-17-11-10-15(4-2)13-18(17)25-20(22)21-19(23)14-24-16-8-6-5-7-9-16/h5-11,13H,3-4,12,14H2,1-2H3. The van der Waals surface area contributed by atoms with Crippen LogP contribution in [0.2, 0.25) is 0 Å². The van der Waals surface area contributed by atoms with Crippen molar-refractivity contribution >= 4 is 27.5 Å². The Morgan fingerprint density at radius 2 is 1.96 bits per heavy atom. The van der Waals surface area contributed by atoms with E-state index >= 15 is 0 Å². The molecule has 4 nitrogen and oxygen atoms in total. The first kappa shape index (κ1) is 17.4. The maximum Gasteiger partial charge on any atom is 0.286 e. The van der Waals surface area contributed by atoms with Gasteiger partial charge in [-0.2, -0.15) is 4.99 Å². The van der Waals surface area contributed by atoms with Crippen molar-refractivity contribution < 1.29 is 9.53 Å². The summed E-state index contributed by atoms with van der Waals surface area (Å²) in [7, 11) is 0. The quantitative estimate of drug-likeness (QED) is 0.666. The van der Waals surface area contributed by atoms with Crippen LogP contribution >= 0.6 is 11.3 Å². The molecule has 0 aliphatic rings. The fraction of sp³-hybridized carbons (Fsp3) is 0.300. The number of aromatic nitrogens is 1. The first-order chi connectivity index (χ1) is 12.2. The smallest absolute Gasteiger partial charge is 0.286 e. The first-order valence-electron chi connectivity index (χ1n) is 8.59. The van der Waals surface area contributed by atoms with Crippen LogP contribution in [0.3, 0.4) is 0 Å². The largest absolute Gasteiger partial charge is 0.484 e. The van der Waals surface area contributed by atoms with Crippen LogP contribution in [0.5, 0.6) is 5.75 Å². The van der Waals surface area contributed by atoms with E-state index in [1.807, 2.05) is 30.3 Å². The highest BCUT2D eigenvalue weighted by Crippen LogP contribution is 2.20. The number of carbonyl (C=O) groups is 1. The number of hydrogen-bond donors (Lipinski definition) is 0. The lowest BCUT2D eigenvalue weighted by Crippen LogP contribution is -2.19. The Morgan fingerprint density at radius 3 is 2.68 bits per heavy atom. The van der Waals surface area contributed by atoms with Gasteiger partial charge in [-0.15, -0.1) is 0 Å². The third-order valence-electron chi connectivity index (χ3n) is 3.93. The molecule has 0 saturated carbocycles. The average molecular weight is 354 g/mol. The fourth-order valence-corrected chi connectivity index (χ4v) is 3.80. The number of nitrogens with zero attached hydrogens (tertiary/aromatic N) is 2. The Morgan fingerprint density at radius 1 is 1.16 bits per heavy atom. The number of amides is 1. The number of rotatable bonds is 6. The molecule has 1 amide bonds. The van der Waals surface area contributed by atoms with Crippen molar-refractivity contribution in [1.82, 2.24) is 4.57 Å². The summed E-state index contributed by atoms with van der Waals surface area (Å²) in [6.07, 6.45) is 1.99. The summed E-state index contributed by atoms with van der Waals surface area (Å²) in [6.45, 7) is 5.06. The van der Waals surface area contributed by atoms with Crippen molar-refractivity contribution in [2.45, 2.75) is 33.2 Å². The molecular formula is C20H22N2O2S. The topological polar surface area (TPSA) is 43.6 Å². The van der Waals surface area contributed by atoms with Gasteiger partial charge in [-0.3, -0.25) is 4.79 Å². The monoisotopic (exact) mass is 354 g/mol. The number of ether oxygens (including phenoxy) is 1. The number of carbonyl (C=O) groups excluding carboxylic acids is 1. The van der Waals surface area contributed by atoms with Crippen molar-refractivity contribution in [3.8, 4) is 5.75 Å². The summed E-state index contributed by atoms with van der Waals surface area (Å²) in [4.78, 5) is 17.3. The molecule has 2 aromatic carbocycles. The normalized spacial score (nSPS) is 11.8. The predicted molar refractivity (Wildman–Crippen MR) is 102 cm³/mol. The van der Waals surface area contributed by atoms with E-state index in [1.54, 1.807) is 11.3 Å². The zero-order valence-corrected chi connectivity index (χ0v) is 15.4. The molecule has 0 fully saturated rings. The van der Waals surface area contributed by atoms with Crippen molar-refractivity contribution in [2.75, 3.05) is 6.61 Å². The van der Waals surface area contributed by atoms with E-state index < -0.39 is 0 Å². The van der Waals surface area contributed by atoms with Crippen LogP contribution in [0, 0.1) is 0 Å². The Kier molecular flexibility index (Phi) is 5.66. The molecular weight excluding hydrogens is 332 g/mol. The molecule has 0 aliphatic carbocycles. The van der Waals surface area contributed by atoms with Gasteiger partial charge < -0.3 is 9.30 Å². The molecule has 0 spiro atoms. The van der Waals surface area contributed by atoms with E-state index in [2.05, 4.69) is 41.6 Å². The lowest BCUT2D eigenvalue weighted by atomic mass is 10.2. The summed E-state index contributed by atoms with van der Waals surface area (Å²) in [5.41, 5.74) is 2.43. The SMILES string of the molecule is CCCn1c(=NC(=O)COc2ccccc2)sc2cc(CC)ccc21. The van der Waals surface area contributed by atoms with Crippen LogP contribution in [0.15, 0.2) is 53.5 Å². The van der Waals surface area contributed by atoms with Crippen molar-refractivity contribution in [1.29, 1.82) is 0 Å². The summed E-state index contributed by atoms with van der Waals surface area (Å²) in [6, 6.07) is 15.8. The van der Waals surface area contributed by atoms with Gasteiger partial charge in [-0.05, 0) is 42.7 Å². The van der Waals surface area contributed by atoms with Crippen LogP contribution in [-0.4, -0.2) is 17.1 Å². The third kappa shape index (κ3) is 4.17. The van der Waals surface area contributed by atoms with E-state index in [0.29, 0.717) is 5.75 Å². The minimum atomic E-state index is -0.268. The van der Waals surface area contributed by atoms with Crippen LogP contribution in [0.25, 0.3) is 10.2 Å². The molecule has 3 aromatic rings. The number of thiazole rings is 1. The van der Waals surface area contributed by atoms with Gasteiger partial charge in [-0.1, -0.05) is 49.4 Å². The number of aryl methyl sites for hydroxylation is 2. The molecule has 1 aromatic heterocycles. The molecule has 0 N–H and O–H groups in total. The van der Waals surface area contributed by atoms with Gasteiger partial charge in [0.15, 0.2) is 11.4 Å². The van der Waals surface area contributed by atoms with Gasteiger partial charge in [0.2, 0.25) is 0 Å². The Labute approximate surface area is 151 Å². The van der Waals surface area contributed by atoms with Gasteiger partial charge in [0, 0.05) is 6.54 Å². The zero-order valence-electron chi connectivity index (χ0n) is 14.6. The second-order valence-corrected chi connectivity index (χ2v) is 6.81. The third-order valence-corrected chi connectivity index (χ3v) is 4.97. The molecule has 0 saturated heterocycles. The fourth-order valence-electron chi connectivity index (χ4n) is 2.66. The zero-order chi connectivity index (χ0) is 17.6. The van der Waals surface area contributed by atoms with Crippen molar-refractivity contribution in [3.05, 3.63) is 58.9 Å². The Balaban J connectivity index is 1.88. The van der Waals surface area contributed by atoms with Gasteiger partial charge in [0.1, 0.15) is 5.75 Å². The number of para-hydroxylation sites is 1.